The molecule has 0 spiro atoms. The van der Waals surface area contributed by atoms with Crippen molar-refractivity contribution in [3.8, 4) is 11.5 Å². The maximum Gasteiger partial charge on any atom is 0.242 e. The number of carbonyl (C=O) groups excluding carboxylic acids is 1. The van der Waals surface area contributed by atoms with E-state index in [0.29, 0.717) is 12.2 Å². The van der Waals surface area contributed by atoms with Crippen molar-refractivity contribution in [2.24, 2.45) is 0 Å². The molecule has 0 aliphatic heterocycles. The van der Waals surface area contributed by atoms with Crippen LogP contribution in [0.25, 0.3) is 0 Å². The fourth-order valence-corrected chi connectivity index (χ4v) is 3.25. The number of rotatable bonds is 6. The van der Waals surface area contributed by atoms with Crippen LogP contribution in [0.5, 0.6) is 11.5 Å². The summed E-state index contributed by atoms with van der Waals surface area (Å²) in [5.41, 5.74) is 3.66. The summed E-state index contributed by atoms with van der Waals surface area (Å²) < 4.78 is 12.0. The van der Waals surface area contributed by atoms with Gasteiger partial charge in [0.2, 0.25) is 8.32 Å². The molecule has 0 saturated heterocycles. The van der Waals surface area contributed by atoms with Crippen molar-refractivity contribution in [3.05, 3.63) is 58.7 Å². The summed E-state index contributed by atoms with van der Waals surface area (Å²) in [6.45, 7) is 10.8. The molecule has 0 aliphatic rings. The highest BCUT2D eigenvalue weighted by molar-refractivity contribution is 6.70. The van der Waals surface area contributed by atoms with Crippen molar-refractivity contribution < 1.29 is 14.0 Å². The third-order valence-electron chi connectivity index (χ3n) is 3.45. The average molecular weight is 328 g/mol. The average Bonchev–Trinajstić information content (AvgIpc) is 2.45. The predicted octanol–water partition coefficient (Wildman–Crippen LogP) is 4.91. The minimum Gasteiger partial charge on any atom is -0.544 e. The number of hydrogen-bond acceptors (Lipinski definition) is 3. The minimum absolute atomic E-state index is 0.350. The van der Waals surface area contributed by atoms with Crippen molar-refractivity contribution in [3.63, 3.8) is 0 Å². The van der Waals surface area contributed by atoms with Gasteiger partial charge in [-0.3, -0.25) is 4.79 Å². The van der Waals surface area contributed by atoms with Crippen LogP contribution in [-0.4, -0.2) is 14.6 Å². The Hall–Kier alpha value is -2.07. The van der Waals surface area contributed by atoms with Gasteiger partial charge in [-0.05, 0) is 62.8 Å². The van der Waals surface area contributed by atoms with Crippen molar-refractivity contribution >= 4 is 14.6 Å². The molecule has 0 amide bonds. The largest absolute Gasteiger partial charge is 0.544 e. The van der Waals surface area contributed by atoms with Crippen LogP contribution in [0.15, 0.2) is 36.4 Å². The summed E-state index contributed by atoms with van der Waals surface area (Å²) in [6, 6.07) is 11.6. The van der Waals surface area contributed by atoms with Crippen LogP contribution >= 0.6 is 0 Å². The van der Waals surface area contributed by atoms with Crippen LogP contribution < -0.4 is 9.16 Å². The lowest BCUT2D eigenvalue weighted by Gasteiger charge is -2.20. The van der Waals surface area contributed by atoms with Crippen LogP contribution in [0.2, 0.25) is 19.6 Å². The standard InChI is InChI=1S/C19H24O3Si/c1-14-7-6-8-15(2)19(14)21-13-17-11-18(22-23(3,4)5)10-9-16(17)12-20/h6-12H,13H2,1-5H3. The summed E-state index contributed by atoms with van der Waals surface area (Å²) >= 11 is 0. The monoisotopic (exact) mass is 328 g/mol. The molecule has 0 atom stereocenters. The third-order valence-corrected chi connectivity index (χ3v) is 4.29. The molecule has 2 rings (SSSR count). The smallest absolute Gasteiger partial charge is 0.242 e. The molecule has 0 aromatic heterocycles. The van der Waals surface area contributed by atoms with E-state index in [1.165, 1.54) is 0 Å². The molecule has 0 saturated carbocycles. The first-order chi connectivity index (χ1) is 10.8. The Balaban J connectivity index is 2.24. The maximum atomic E-state index is 11.3. The molecule has 2 aromatic carbocycles. The molecule has 0 aliphatic carbocycles. The summed E-state index contributed by atoms with van der Waals surface area (Å²) in [7, 11) is -1.68. The molecule has 0 heterocycles. The van der Waals surface area contributed by atoms with Crippen LogP contribution in [0, 0.1) is 13.8 Å². The van der Waals surface area contributed by atoms with Gasteiger partial charge >= 0.3 is 0 Å². The van der Waals surface area contributed by atoms with Crippen molar-refractivity contribution in [2.45, 2.75) is 40.1 Å². The van der Waals surface area contributed by atoms with Crippen molar-refractivity contribution in [1.29, 1.82) is 0 Å². The zero-order chi connectivity index (χ0) is 17.0. The van der Waals surface area contributed by atoms with E-state index in [9.17, 15) is 4.79 Å². The summed E-state index contributed by atoms with van der Waals surface area (Å²) in [5, 5.41) is 0. The molecular formula is C19H24O3Si. The van der Waals surface area contributed by atoms with Gasteiger partial charge in [0.25, 0.3) is 0 Å². The molecule has 0 N–H and O–H groups in total. The fourth-order valence-electron chi connectivity index (χ4n) is 2.42. The van der Waals surface area contributed by atoms with Gasteiger partial charge < -0.3 is 9.16 Å². The minimum atomic E-state index is -1.68. The fraction of sp³-hybridized carbons (Fsp3) is 0.316. The first kappa shape index (κ1) is 17.3. The number of carbonyl (C=O) groups is 1. The van der Waals surface area contributed by atoms with Crippen LogP contribution in [0.3, 0.4) is 0 Å². The van der Waals surface area contributed by atoms with E-state index in [4.69, 9.17) is 9.16 Å². The Morgan fingerprint density at radius 2 is 1.70 bits per heavy atom. The topological polar surface area (TPSA) is 35.5 Å². The number of benzene rings is 2. The van der Waals surface area contributed by atoms with Gasteiger partial charge in [-0.25, -0.2) is 0 Å². The van der Waals surface area contributed by atoms with Crippen molar-refractivity contribution in [2.75, 3.05) is 0 Å². The maximum absolute atomic E-state index is 11.3. The second-order valence-electron chi connectivity index (χ2n) is 6.70. The Labute approximate surface area is 139 Å². The van der Waals surface area contributed by atoms with Crippen LogP contribution in [0.1, 0.15) is 27.0 Å². The number of hydrogen-bond donors (Lipinski definition) is 0. The van der Waals surface area contributed by atoms with Gasteiger partial charge in [0.15, 0.2) is 0 Å². The van der Waals surface area contributed by atoms with E-state index in [1.807, 2.05) is 44.2 Å². The number of aldehydes is 1. The first-order valence-electron chi connectivity index (χ1n) is 7.76. The molecular weight excluding hydrogens is 304 g/mol. The lowest BCUT2D eigenvalue weighted by molar-refractivity contribution is 0.112. The van der Waals surface area contributed by atoms with Gasteiger partial charge in [-0.2, -0.15) is 0 Å². The normalized spacial score (nSPS) is 11.2. The third kappa shape index (κ3) is 4.70. The highest BCUT2D eigenvalue weighted by Crippen LogP contribution is 2.26. The molecule has 2 aromatic rings. The Bertz CT molecular complexity index is 682. The lowest BCUT2D eigenvalue weighted by atomic mass is 10.1. The van der Waals surface area contributed by atoms with Crippen LogP contribution in [-0.2, 0) is 6.61 Å². The number of para-hydroxylation sites is 1. The second-order valence-corrected chi connectivity index (χ2v) is 11.1. The zero-order valence-corrected chi connectivity index (χ0v) is 15.5. The zero-order valence-electron chi connectivity index (χ0n) is 14.5. The summed E-state index contributed by atoms with van der Waals surface area (Å²) in [6.07, 6.45) is 0.863. The second kappa shape index (κ2) is 7.00. The molecule has 3 nitrogen and oxygen atoms in total. The Morgan fingerprint density at radius 1 is 1.04 bits per heavy atom. The molecule has 122 valence electrons. The SMILES string of the molecule is Cc1cccc(C)c1OCc1cc(O[Si](C)(C)C)ccc1C=O. The molecule has 0 bridgehead atoms. The van der Waals surface area contributed by atoms with Crippen LogP contribution in [0.4, 0.5) is 0 Å². The summed E-state index contributed by atoms with van der Waals surface area (Å²) in [5.74, 6) is 1.68. The number of aryl methyl sites for hydroxylation is 2. The molecule has 0 fully saturated rings. The summed E-state index contributed by atoms with van der Waals surface area (Å²) in [4.78, 5) is 11.3. The molecule has 0 unspecified atom stereocenters. The van der Waals surface area contributed by atoms with E-state index in [0.717, 1.165) is 34.5 Å². The predicted molar refractivity (Wildman–Crippen MR) is 96.1 cm³/mol. The Kier molecular flexibility index (Phi) is 5.26. The quantitative estimate of drug-likeness (QED) is 0.558. The van der Waals surface area contributed by atoms with E-state index in [2.05, 4.69) is 19.6 Å². The van der Waals surface area contributed by atoms with E-state index in [1.54, 1.807) is 6.07 Å². The van der Waals surface area contributed by atoms with Gasteiger partial charge in [0.1, 0.15) is 24.4 Å². The number of ether oxygens (including phenoxy) is 1. The highest BCUT2D eigenvalue weighted by Gasteiger charge is 2.17. The van der Waals surface area contributed by atoms with E-state index >= 15 is 0 Å². The highest BCUT2D eigenvalue weighted by atomic mass is 28.4. The van der Waals surface area contributed by atoms with Gasteiger partial charge in [0, 0.05) is 11.1 Å². The lowest BCUT2D eigenvalue weighted by Crippen LogP contribution is -2.29. The van der Waals surface area contributed by atoms with Gasteiger partial charge in [-0.1, -0.05) is 18.2 Å². The van der Waals surface area contributed by atoms with E-state index in [-0.39, 0.29) is 0 Å². The molecule has 23 heavy (non-hydrogen) atoms. The van der Waals surface area contributed by atoms with Gasteiger partial charge in [-0.15, -0.1) is 0 Å². The first-order valence-corrected chi connectivity index (χ1v) is 11.2. The van der Waals surface area contributed by atoms with Crippen molar-refractivity contribution in [1.82, 2.24) is 0 Å². The molecule has 0 radical (unpaired) electrons. The van der Waals surface area contributed by atoms with E-state index < -0.39 is 8.32 Å². The Morgan fingerprint density at radius 3 is 2.26 bits per heavy atom. The van der Waals surface area contributed by atoms with Gasteiger partial charge in [0.05, 0.1) is 0 Å². The molecule has 4 heteroatoms.